The number of sulfonamides is 1. The van der Waals surface area contributed by atoms with Crippen LogP contribution in [0.2, 0.25) is 0 Å². The molecule has 1 fully saturated rings. The average Bonchev–Trinajstić information content (AvgIpc) is 3.26. The van der Waals surface area contributed by atoms with Crippen molar-refractivity contribution in [2.45, 2.75) is 24.7 Å². The normalized spacial score (nSPS) is 16.7. The lowest BCUT2D eigenvalue weighted by molar-refractivity contribution is 0.247. The van der Waals surface area contributed by atoms with Crippen LogP contribution in [0.1, 0.15) is 18.9 Å². The van der Waals surface area contributed by atoms with Gasteiger partial charge in [0.05, 0.1) is 12.0 Å². The molecule has 1 saturated heterocycles. The number of carbonyl (C=O) groups is 1. The van der Waals surface area contributed by atoms with Crippen LogP contribution in [0.25, 0.3) is 0 Å². The highest BCUT2D eigenvalue weighted by Gasteiger charge is 2.31. The van der Waals surface area contributed by atoms with Gasteiger partial charge in [0.2, 0.25) is 10.0 Å². The van der Waals surface area contributed by atoms with Crippen molar-refractivity contribution in [3.63, 3.8) is 0 Å². The summed E-state index contributed by atoms with van der Waals surface area (Å²) in [5, 5.41) is 2.88. The topological polar surface area (TPSA) is 82.2 Å². The Morgan fingerprint density at radius 3 is 2.56 bits per heavy atom. The molecule has 0 atom stereocenters. The summed E-state index contributed by atoms with van der Waals surface area (Å²) in [5.74, 6) is 0.785. The minimum absolute atomic E-state index is 0.130. The van der Waals surface area contributed by atoms with Gasteiger partial charge in [0, 0.05) is 56.7 Å². The van der Waals surface area contributed by atoms with E-state index in [0.717, 1.165) is 29.1 Å². The van der Waals surface area contributed by atoms with Crippen LogP contribution in [0, 0.1) is 0 Å². The van der Waals surface area contributed by atoms with E-state index in [4.69, 9.17) is 4.74 Å². The highest BCUT2D eigenvalue weighted by Crippen LogP contribution is 2.32. The third kappa shape index (κ3) is 4.40. The van der Waals surface area contributed by atoms with Gasteiger partial charge < -0.3 is 15.0 Å². The van der Waals surface area contributed by atoms with Gasteiger partial charge in [-0.05, 0) is 48.7 Å². The van der Waals surface area contributed by atoms with Gasteiger partial charge >= 0.3 is 6.03 Å². The third-order valence-corrected chi connectivity index (χ3v) is 7.91. The first-order chi connectivity index (χ1) is 15.4. The minimum atomic E-state index is -3.59. The van der Waals surface area contributed by atoms with Gasteiger partial charge in [0.25, 0.3) is 0 Å². The summed E-state index contributed by atoms with van der Waals surface area (Å²) in [7, 11) is -1.96. The van der Waals surface area contributed by atoms with E-state index < -0.39 is 10.0 Å². The summed E-state index contributed by atoms with van der Waals surface area (Å²) in [4.78, 5) is 16.5. The van der Waals surface area contributed by atoms with Crippen LogP contribution in [0.3, 0.4) is 0 Å². The number of urea groups is 1. The Kier molecular flexibility index (Phi) is 6.57. The molecular formula is C23H30N4O4S. The molecule has 172 valence electrons. The second-order valence-electron chi connectivity index (χ2n) is 8.02. The Labute approximate surface area is 189 Å². The minimum Gasteiger partial charge on any atom is -0.497 e. The maximum absolute atomic E-state index is 13.3. The maximum Gasteiger partial charge on any atom is 0.321 e. The summed E-state index contributed by atoms with van der Waals surface area (Å²) in [6, 6.07) is 12.8. The molecule has 2 heterocycles. The summed E-state index contributed by atoms with van der Waals surface area (Å²) >= 11 is 0. The number of hydrogen-bond donors (Lipinski definition) is 1. The molecule has 9 heteroatoms. The molecule has 0 saturated carbocycles. The molecule has 2 amide bonds. The molecular weight excluding hydrogens is 428 g/mol. The molecule has 2 aromatic carbocycles. The first kappa shape index (κ1) is 22.4. The number of methoxy groups -OCH3 is 1. The molecule has 2 aromatic rings. The number of anilines is 2. The lowest BCUT2D eigenvalue weighted by Gasteiger charge is -2.35. The number of carbonyl (C=O) groups excluding carboxylic acids is 1. The summed E-state index contributed by atoms with van der Waals surface area (Å²) in [6.45, 7) is 5.26. The highest BCUT2D eigenvalue weighted by molar-refractivity contribution is 7.89. The van der Waals surface area contributed by atoms with Crippen LogP contribution in [-0.4, -0.2) is 65.1 Å². The molecule has 0 aromatic heterocycles. The molecule has 32 heavy (non-hydrogen) atoms. The predicted octanol–water partition coefficient (Wildman–Crippen LogP) is 2.69. The highest BCUT2D eigenvalue weighted by atomic mass is 32.2. The van der Waals surface area contributed by atoms with Crippen molar-refractivity contribution in [1.29, 1.82) is 0 Å². The van der Waals surface area contributed by atoms with Gasteiger partial charge in [-0.25, -0.2) is 13.2 Å². The first-order valence-corrected chi connectivity index (χ1v) is 12.5. The van der Waals surface area contributed by atoms with E-state index >= 15 is 0 Å². The van der Waals surface area contributed by atoms with Gasteiger partial charge in [-0.2, -0.15) is 4.31 Å². The number of piperazine rings is 1. The predicted molar refractivity (Wildman–Crippen MR) is 125 cm³/mol. The number of fused-ring (bicyclic) bond motifs is 1. The Hall–Kier alpha value is -2.78. The standard InChI is InChI=1S/C23H30N4O4S/c1-3-10-24-23(28)27-11-9-18-16-21(7-8-22(18)27)32(29,30)26-14-12-25(13-15-26)19-5-4-6-20(17-19)31-2/h4-8,16-17H,3,9-15H2,1-2H3,(H,24,28). The molecule has 0 unspecified atom stereocenters. The fraction of sp³-hybridized carbons (Fsp3) is 0.435. The van der Waals surface area contributed by atoms with Crippen LogP contribution in [-0.2, 0) is 16.4 Å². The number of ether oxygens (including phenoxy) is 1. The molecule has 1 N–H and O–H groups in total. The first-order valence-electron chi connectivity index (χ1n) is 11.0. The summed E-state index contributed by atoms with van der Waals surface area (Å²) in [5.41, 5.74) is 2.72. The molecule has 4 rings (SSSR count). The number of nitrogens with one attached hydrogen (secondary N) is 1. The molecule has 0 bridgehead atoms. The zero-order valence-corrected chi connectivity index (χ0v) is 19.4. The Morgan fingerprint density at radius 2 is 1.84 bits per heavy atom. The summed E-state index contributed by atoms with van der Waals surface area (Å²) in [6.07, 6.45) is 1.52. The van der Waals surface area contributed by atoms with E-state index in [1.165, 1.54) is 0 Å². The lowest BCUT2D eigenvalue weighted by atomic mass is 10.2. The van der Waals surface area contributed by atoms with Crippen molar-refractivity contribution < 1.29 is 17.9 Å². The van der Waals surface area contributed by atoms with Crippen LogP contribution < -0.4 is 19.9 Å². The van der Waals surface area contributed by atoms with Gasteiger partial charge in [-0.3, -0.25) is 4.90 Å². The van der Waals surface area contributed by atoms with E-state index in [0.29, 0.717) is 50.6 Å². The van der Waals surface area contributed by atoms with Crippen LogP contribution in [0.4, 0.5) is 16.2 Å². The monoisotopic (exact) mass is 458 g/mol. The number of amides is 2. The summed E-state index contributed by atoms with van der Waals surface area (Å²) < 4.78 is 33.4. The van der Waals surface area contributed by atoms with Crippen molar-refractivity contribution in [2.24, 2.45) is 0 Å². The Bertz CT molecular complexity index is 1080. The van der Waals surface area contributed by atoms with Crippen LogP contribution in [0.15, 0.2) is 47.4 Å². The second-order valence-corrected chi connectivity index (χ2v) is 9.95. The second kappa shape index (κ2) is 9.38. The third-order valence-electron chi connectivity index (χ3n) is 6.01. The van der Waals surface area contributed by atoms with E-state index in [2.05, 4.69) is 10.2 Å². The molecule has 0 radical (unpaired) electrons. The molecule has 2 aliphatic heterocycles. The maximum atomic E-state index is 13.3. The lowest BCUT2D eigenvalue weighted by Crippen LogP contribution is -2.48. The van der Waals surface area contributed by atoms with E-state index in [1.54, 1.807) is 34.5 Å². The quantitative estimate of drug-likeness (QED) is 0.720. The van der Waals surface area contributed by atoms with Gasteiger partial charge in [0.1, 0.15) is 5.75 Å². The van der Waals surface area contributed by atoms with Crippen LogP contribution in [0.5, 0.6) is 5.75 Å². The van der Waals surface area contributed by atoms with Crippen LogP contribution >= 0.6 is 0 Å². The Morgan fingerprint density at radius 1 is 1.06 bits per heavy atom. The number of benzene rings is 2. The fourth-order valence-corrected chi connectivity index (χ4v) is 5.69. The largest absolute Gasteiger partial charge is 0.497 e. The molecule has 0 spiro atoms. The Balaban J connectivity index is 1.45. The smallest absolute Gasteiger partial charge is 0.321 e. The molecule has 0 aliphatic carbocycles. The van der Waals surface area contributed by atoms with E-state index in [1.807, 2.05) is 31.2 Å². The van der Waals surface area contributed by atoms with Crippen molar-refractivity contribution >= 4 is 27.4 Å². The van der Waals surface area contributed by atoms with Gasteiger partial charge in [-0.15, -0.1) is 0 Å². The van der Waals surface area contributed by atoms with Crippen molar-refractivity contribution in [2.75, 3.05) is 56.2 Å². The zero-order valence-electron chi connectivity index (χ0n) is 18.6. The average molecular weight is 459 g/mol. The fourth-order valence-electron chi connectivity index (χ4n) is 4.22. The zero-order chi connectivity index (χ0) is 22.7. The number of rotatable bonds is 6. The van der Waals surface area contributed by atoms with E-state index in [9.17, 15) is 13.2 Å². The van der Waals surface area contributed by atoms with E-state index in [-0.39, 0.29) is 6.03 Å². The van der Waals surface area contributed by atoms with Crippen molar-refractivity contribution in [3.05, 3.63) is 48.0 Å². The number of hydrogen-bond acceptors (Lipinski definition) is 5. The van der Waals surface area contributed by atoms with Gasteiger partial charge in [-0.1, -0.05) is 13.0 Å². The van der Waals surface area contributed by atoms with Crippen molar-refractivity contribution in [3.8, 4) is 5.75 Å². The van der Waals surface area contributed by atoms with Gasteiger partial charge in [0.15, 0.2) is 0 Å². The van der Waals surface area contributed by atoms with Crippen molar-refractivity contribution in [1.82, 2.24) is 9.62 Å². The SMILES string of the molecule is CCCNC(=O)N1CCc2cc(S(=O)(=O)N3CCN(c4cccc(OC)c4)CC3)ccc21. The molecule has 8 nitrogen and oxygen atoms in total. The number of nitrogens with zero attached hydrogens (tertiary/aromatic N) is 3. The molecule has 2 aliphatic rings.